The van der Waals surface area contributed by atoms with Gasteiger partial charge in [0.2, 0.25) is 47.3 Å². The fourth-order valence-corrected chi connectivity index (χ4v) is 7.02. The smallest absolute Gasteiger partial charge is 0.243 e. The third-order valence-corrected chi connectivity index (χ3v) is 11.0. The van der Waals surface area contributed by atoms with Gasteiger partial charge in [0, 0.05) is 39.3 Å². The number of nitrogens with one attached hydrogen (secondary N) is 20. The summed E-state index contributed by atoms with van der Waals surface area (Å²) in [5.41, 5.74) is 37.8. The van der Waals surface area contributed by atoms with Crippen molar-refractivity contribution in [1.29, 1.82) is 32.5 Å². The van der Waals surface area contributed by atoms with Gasteiger partial charge in [-0.05, 0) is 84.1 Å². The predicted octanol–water partition coefficient (Wildman–Crippen LogP) is -10.3. The van der Waals surface area contributed by atoms with Crippen molar-refractivity contribution in [3.8, 4) is 0 Å². The zero-order valence-electron chi connectivity index (χ0n) is 43.9. The molecular formula is C42H85N27O9. The molecule has 0 spiro atoms. The summed E-state index contributed by atoms with van der Waals surface area (Å²) in [6.07, 6.45) is 0.149. The minimum Gasteiger partial charge on any atom is -0.394 e. The number of guanidine groups is 6. The summed E-state index contributed by atoms with van der Waals surface area (Å²) in [6, 6.07) is -9.52. The van der Waals surface area contributed by atoms with E-state index in [1.54, 1.807) is 0 Å². The molecule has 0 saturated heterocycles. The number of hydrogen-bond donors (Lipinski definition) is 28. The first-order valence-electron chi connectivity index (χ1n) is 24.9. The Bertz CT molecular complexity index is 2030. The molecule has 0 heterocycles. The Balaban J connectivity index is 7.20. The second-order valence-corrected chi connectivity index (χ2v) is 17.5. The Morgan fingerprint density at radius 1 is 0.333 bits per heavy atom. The summed E-state index contributed by atoms with van der Waals surface area (Å²) in [6.45, 7) is -0.738. The highest BCUT2D eigenvalue weighted by molar-refractivity contribution is 5.97. The molecule has 0 aliphatic heterocycles. The van der Waals surface area contributed by atoms with E-state index in [9.17, 15) is 43.5 Å². The minimum absolute atomic E-state index is 0.0376. The fraction of sp³-hybridized carbons (Fsp3) is 0.667. The molecular weight excluding hydrogens is 1030 g/mol. The van der Waals surface area contributed by atoms with Crippen molar-refractivity contribution < 1.29 is 43.5 Å². The van der Waals surface area contributed by atoms with E-state index in [4.69, 9.17) is 72.6 Å². The Kier molecular flexibility index (Phi) is 35.3. The van der Waals surface area contributed by atoms with Crippen molar-refractivity contribution >= 4 is 83.0 Å². The van der Waals surface area contributed by atoms with Crippen LogP contribution in [0.1, 0.15) is 77.0 Å². The quantitative estimate of drug-likeness (QED) is 0.0154. The summed E-state index contributed by atoms with van der Waals surface area (Å²) in [5, 5.41) is 90.8. The molecule has 7 atom stereocenters. The molecule has 0 saturated carbocycles. The average Bonchev–Trinajstić information content (AvgIpc) is 3.35. The van der Waals surface area contributed by atoms with E-state index in [1.165, 1.54) is 7.05 Å². The molecule has 0 fully saturated rings. The van der Waals surface area contributed by atoms with Gasteiger partial charge in [-0.25, -0.2) is 0 Å². The number of carbonyl (C=O) groups excluding carboxylic acids is 8. The van der Waals surface area contributed by atoms with E-state index in [0.29, 0.717) is 0 Å². The van der Waals surface area contributed by atoms with Crippen molar-refractivity contribution in [2.75, 3.05) is 59.5 Å². The molecule has 0 aromatic heterocycles. The summed E-state index contributed by atoms with van der Waals surface area (Å²) in [7, 11) is 1.41. The SMILES string of the molecule is CNC(CO)C(=O)N[C@@H](CCCNC(=N)N)C(=O)NC(CCCNC(=N)N)C(=O)N[C@@H](CCCNC(=N)N)C(=O)NC(CCCNC(=N)N)C(=O)N[C@@H](CCCNC(=N)N)C(=O)NC(CCCNC(=N)N)C(=O)NCC(N)=O. The largest absolute Gasteiger partial charge is 0.394 e. The number of nitrogens with two attached hydrogens (primary N) is 7. The maximum absolute atomic E-state index is 14.5. The van der Waals surface area contributed by atoms with Crippen LogP contribution in [0, 0.1) is 32.5 Å². The van der Waals surface area contributed by atoms with E-state index in [0.717, 1.165) is 0 Å². The Morgan fingerprint density at radius 2 is 0.526 bits per heavy atom. The van der Waals surface area contributed by atoms with Crippen LogP contribution >= 0.6 is 0 Å². The van der Waals surface area contributed by atoms with Crippen LogP contribution < -0.4 is 115 Å². The van der Waals surface area contributed by atoms with E-state index in [2.05, 4.69) is 74.4 Å². The predicted molar refractivity (Wildman–Crippen MR) is 289 cm³/mol. The van der Waals surface area contributed by atoms with E-state index < -0.39 is 115 Å². The van der Waals surface area contributed by atoms with Gasteiger partial charge in [0.1, 0.15) is 42.3 Å². The number of aliphatic hydroxyl groups excluding tert-OH is 1. The molecule has 36 nitrogen and oxygen atoms in total. The lowest BCUT2D eigenvalue weighted by Gasteiger charge is -2.28. The topological polar surface area (TPSA) is 650 Å². The van der Waals surface area contributed by atoms with Crippen LogP contribution in [0.2, 0.25) is 0 Å². The van der Waals surface area contributed by atoms with Crippen LogP contribution in [0.5, 0.6) is 0 Å². The molecule has 0 aromatic rings. The fourth-order valence-electron chi connectivity index (χ4n) is 7.02. The molecule has 0 aromatic carbocycles. The van der Waals surface area contributed by atoms with Crippen LogP contribution in [-0.2, 0) is 38.4 Å². The number of primary amides is 1. The standard InChI is InChI=1S/C42H85N27O9/c1-56-28(21-70)36(78)69-27(13-7-19-62-42(54)55)35(77)68-26(12-6-18-61-41(52)53)34(76)67-25(11-5-17-60-40(50)51)33(75)66-24(10-4-16-59-39(48)49)32(74)65-23(9-3-15-58-38(46)47)31(73)64-22(8-2-14-57-37(44)45)30(72)63-20-29(43)71/h22-28,56,70H,2-21H2,1H3,(H2,43,71)(H,63,72)(H,64,73)(H,65,74)(H,66,75)(H,67,76)(H,68,77)(H,69,78)(H4,44,45,57)(H4,46,47,58)(H4,48,49,59)(H4,50,51,60)(H4,52,53,61)(H4,54,55,62)/t22?,23-,24?,25-,26?,27-,28?/m0/s1. The van der Waals surface area contributed by atoms with Crippen molar-refractivity contribution in [3.63, 3.8) is 0 Å². The van der Waals surface area contributed by atoms with Crippen LogP contribution in [0.4, 0.5) is 0 Å². The Morgan fingerprint density at radius 3 is 0.692 bits per heavy atom. The van der Waals surface area contributed by atoms with Crippen LogP contribution in [0.15, 0.2) is 0 Å². The maximum Gasteiger partial charge on any atom is 0.243 e. The van der Waals surface area contributed by atoms with Gasteiger partial charge in [-0.15, -0.1) is 0 Å². The number of aliphatic hydroxyl groups is 1. The third-order valence-electron chi connectivity index (χ3n) is 11.0. The van der Waals surface area contributed by atoms with E-state index in [-0.39, 0.29) is 140 Å². The first kappa shape index (κ1) is 69.3. The van der Waals surface area contributed by atoms with Crippen LogP contribution in [0.3, 0.4) is 0 Å². The van der Waals surface area contributed by atoms with Crippen LogP contribution in [0.25, 0.3) is 0 Å². The summed E-state index contributed by atoms with van der Waals surface area (Å²) < 4.78 is 0. The highest BCUT2D eigenvalue weighted by atomic mass is 16.3. The van der Waals surface area contributed by atoms with Gasteiger partial charge in [0.25, 0.3) is 0 Å². The van der Waals surface area contributed by atoms with Gasteiger partial charge in [0.05, 0.1) is 13.2 Å². The van der Waals surface area contributed by atoms with Crippen molar-refractivity contribution in [2.45, 2.75) is 119 Å². The molecule has 35 N–H and O–H groups in total. The molecule has 442 valence electrons. The summed E-state index contributed by atoms with van der Waals surface area (Å²) in [5.74, 6) is -9.16. The minimum atomic E-state index is -1.48. The van der Waals surface area contributed by atoms with Gasteiger partial charge >= 0.3 is 0 Å². The third kappa shape index (κ3) is 33.3. The number of carbonyl (C=O) groups is 8. The normalized spacial score (nSPS) is 13.3. The lowest BCUT2D eigenvalue weighted by atomic mass is 10.0. The zero-order chi connectivity index (χ0) is 59.2. The van der Waals surface area contributed by atoms with Crippen LogP contribution in [-0.4, -0.2) is 190 Å². The molecule has 0 aliphatic rings. The molecule has 0 rings (SSSR count). The Labute approximate surface area is 451 Å². The molecule has 4 unspecified atom stereocenters. The lowest BCUT2D eigenvalue weighted by molar-refractivity contribution is -0.136. The molecule has 36 heteroatoms. The first-order chi connectivity index (χ1) is 36.8. The maximum atomic E-state index is 14.5. The first-order valence-corrected chi connectivity index (χ1v) is 24.9. The van der Waals surface area contributed by atoms with Crippen molar-refractivity contribution in [3.05, 3.63) is 0 Å². The average molecular weight is 1110 g/mol. The number of rotatable bonds is 41. The molecule has 0 radical (unpaired) electrons. The second-order valence-electron chi connectivity index (χ2n) is 17.5. The molecule has 78 heavy (non-hydrogen) atoms. The second kappa shape index (κ2) is 39.7. The van der Waals surface area contributed by atoms with Gasteiger partial charge in [-0.2, -0.15) is 0 Å². The summed E-state index contributed by atoms with van der Waals surface area (Å²) >= 11 is 0. The van der Waals surface area contributed by atoms with E-state index in [1.807, 2.05) is 0 Å². The molecule has 0 bridgehead atoms. The van der Waals surface area contributed by atoms with Crippen molar-refractivity contribution in [1.82, 2.24) is 74.4 Å². The van der Waals surface area contributed by atoms with Gasteiger partial charge in [-0.3, -0.25) is 70.8 Å². The number of amides is 8. The van der Waals surface area contributed by atoms with Gasteiger partial charge < -0.3 is 120 Å². The van der Waals surface area contributed by atoms with E-state index >= 15 is 0 Å². The monoisotopic (exact) mass is 1110 g/mol. The highest BCUT2D eigenvalue weighted by Gasteiger charge is 2.34. The summed E-state index contributed by atoms with van der Waals surface area (Å²) in [4.78, 5) is 109. The molecule has 8 amide bonds. The number of hydrogen-bond acceptors (Lipinski definition) is 16. The lowest BCUT2D eigenvalue weighted by Crippen LogP contribution is -2.60. The number of likely N-dealkylation sites (N-methyl/N-ethyl adjacent to an activating group) is 1. The van der Waals surface area contributed by atoms with Gasteiger partial charge in [-0.1, -0.05) is 0 Å². The van der Waals surface area contributed by atoms with Crippen molar-refractivity contribution in [2.24, 2.45) is 40.1 Å². The Hall–Kier alpha value is -8.70. The zero-order valence-corrected chi connectivity index (χ0v) is 43.9. The highest BCUT2D eigenvalue weighted by Crippen LogP contribution is 2.09. The molecule has 0 aliphatic carbocycles. The van der Waals surface area contributed by atoms with Gasteiger partial charge in [0.15, 0.2) is 35.8 Å².